The first-order chi connectivity index (χ1) is 15.5. The lowest BCUT2D eigenvalue weighted by Crippen LogP contribution is -2.28. The minimum atomic E-state index is -0.986. The quantitative estimate of drug-likeness (QED) is 0.364. The summed E-state index contributed by atoms with van der Waals surface area (Å²) in [7, 11) is 0. The fourth-order valence-electron chi connectivity index (χ4n) is 4.30. The predicted octanol–water partition coefficient (Wildman–Crippen LogP) is 3.51. The number of phenols is 2. The van der Waals surface area contributed by atoms with Gasteiger partial charge in [-0.25, -0.2) is 4.39 Å². The van der Waals surface area contributed by atoms with Crippen molar-refractivity contribution in [1.82, 2.24) is 4.57 Å². The Kier molecular flexibility index (Phi) is 5.62. The number of rotatable bonds is 6. The number of hydrogen-bond acceptors (Lipinski definition) is 5. The molecule has 1 saturated carbocycles. The summed E-state index contributed by atoms with van der Waals surface area (Å²) in [6.45, 7) is 5.73. The van der Waals surface area contributed by atoms with Gasteiger partial charge in [0, 0.05) is 22.6 Å². The Balaban J connectivity index is 1.69. The standard InChI is InChI=1S/C25H29FN2O5/c1-24(2,3)22-9-14-8-18(17(26)11-19(14)28(22)12-16(30)13-29)27-23(33)25(6-7-25)15-4-5-20(31)21(32)10-15/h4-5,8-11,16,29-32H,6-7,12-13H2,1-3H3,(H,27,33)/t16-/m1/s1. The highest BCUT2D eigenvalue weighted by atomic mass is 19.1. The Morgan fingerprint density at radius 2 is 1.85 bits per heavy atom. The molecule has 0 spiro atoms. The predicted molar refractivity (Wildman–Crippen MR) is 123 cm³/mol. The number of aliphatic hydroxyl groups is 2. The van der Waals surface area contributed by atoms with Crippen LogP contribution >= 0.6 is 0 Å². The average molecular weight is 457 g/mol. The van der Waals surface area contributed by atoms with Gasteiger partial charge >= 0.3 is 0 Å². The van der Waals surface area contributed by atoms with Crippen molar-refractivity contribution in [3.8, 4) is 11.5 Å². The van der Waals surface area contributed by atoms with Gasteiger partial charge in [-0.05, 0) is 42.7 Å². The molecule has 1 aromatic heterocycles. The molecule has 0 aliphatic heterocycles. The van der Waals surface area contributed by atoms with Gasteiger partial charge in [-0.15, -0.1) is 0 Å². The lowest BCUT2D eigenvalue weighted by molar-refractivity contribution is -0.118. The van der Waals surface area contributed by atoms with E-state index in [0.717, 1.165) is 5.69 Å². The number of benzene rings is 2. The van der Waals surface area contributed by atoms with E-state index >= 15 is 4.39 Å². The highest BCUT2D eigenvalue weighted by Gasteiger charge is 2.51. The van der Waals surface area contributed by atoms with Crippen LogP contribution < -0.4 is 5.32 Å². The van der Waals surface area contributed by atoms with Crippen LogP contribution in [0.5, 0.6) is 11.5 Å². The van der Waals surface area contributed by atoms with Gasteiger partial charge in [-0.2, -0.15) is 0 Å². The Morgan fingerprint density at radius 1 is 1.15 bits per heavy atom. The van der Waals surface area contributed by atoms with Crippen molar-refractivity contribution in [3.05, 3.63) is 53.5 Å². The molecular formula is C25H29FN2O5. The lowest BCUT2D eigenvalue weighted by atomic mass is 9.92. The van der Waals surface area contributed by atoms with E-state index in [1.807, 2.05) is 26.8 Å². The third-order valence-electron chi connectivity index (χ3n) is 6.32. The van der Waals surface area contributed by atoms with Gasteiger partial charge in [0.15, 0.2) is 11.5 Å². The van der Waals surface area contributed by atoms with Gasteiger partial charge in [-0.3, -0.25) is 4.79 Å². The van der Waals surface area contributed by atoms with E-state index in [4.69, 9.17) is 0 Å². The molecule has 33 heavy (non-hydrogen) atoms. The number of nitrogens with zero attached hydrogens (tertiary/aromatic N) is 1. The Morgan fingerprint density at radius 3 is 2.42 bits per heavy atom. The normalized spacial score (nSPS) is 16.1. The topological polar surface area (TPSA) is 115 Å². The number of amides is 1. The Hall–Kier alpha value is -3.10. The van der Waals surface area contributed by atoms with E-state index in [9.17, 15) is 25.2 Å². The molecule has 0 unspecified atom stereocenters. The van der Waals surface area contributed by atoms with Gasteiger partial charge in [-0.1, -0.05) is 26.8 Å². The molecule has 1 heterocycles. The molecule has 2 aromatic carbocycles. The van der Waals surface area contributed by atoms with Gasteiger partial charge in [0.1, 0.15) is 5.82 Å². The minimum absolute atomic E-state index is 0.0436. The largest absolute Gasteiger partial charge is 0.504 e. The number of fused-ring (bicyclic) bond motifs is 1. The molecule has 176 valence electrons. The third kappa shape index (κ3) is 4.16. The first-order valence-corrected chi connectivity index (χ1v) is 10.9. The summed E-state index contributed by atoms with van der Waals surface area (Å²) in [6.07, 6.45) is 0.119. The number of aromatic nitrogens is 1. The minimum Gasteiger partial charge on any atom is -0.504 e. The Labute approximate surface area is 191 Å². The summed E-state index contributed by atoms with van der Waals surface area (Å²) in [5.74, 6) is -1.56. The molecule has 1 atom stereocenters. The van der Waals surface area contributed by atoms with Crippen LogP contribution in [0, 0.1) is 5.82 Å². The average Bonchev–Trinajstić information content (AvgIpc) is 3.48. The van der Waals surface area contributed by atoms with Gasteiger partial charge in [0.05, 0.1) is 35.9 Å². The molecule has 1 amide bonds. The molecule has 7 nitrogen and oxygen atoms in total. The summed E-state index contributed by atoms with van der Waals surface area (Å²) in [5.41, 5.74) is 0.865. The zero-order chi connectivity index (χ0) is 24.1. The van der Waals surface area contributed by atoms with Crippen molar-refractivity contribution in [2.24, 2.45) is 0 Å². The molecule has 0 saturated heterocycles. The maximum absolute atomic E-state index is 15.1. The van der Waals surface area contributed by atoms with E-state index in [0.29, 0.717) is 29.3 Å². The lowest BCUT2D eigenvalue weighted by Gasteiger charge is -2.23. The van der Waals surface area contributed by atoms with Crippen LogP contribution in [0.15, 0.2) is 36.4 Å². The second kappa shape index (κ2) is 8.04. The van der Waals surface area contributed by atoms with E-state index < -0.39 is 23.9 Å². The molecule has 1 fully saturated rings. The first-order valence-electron chi connectivity index (χ1n) is 10.9. The van der Waals surface area contributed by atoms with Crippen LogP contribution in [0.1, 0.15) is 44.9 Å². The summed E-state index contributed by atoms with van der Waals surface area (Å²) in [5, 5.41) is 42.1. The number of halogens is 1. The van der Waals surface area contributed by atoms with Crippen molar-refractivity contribution in [1.29, 1.82) is 0 Å². The SMILES string of the molecule is CC(C)(C)c1cc2cc(NC(=O)C3(c4ccc(O)c(O)c4)CC3)c(F)cc2n1C[C@@H](O)CO. The van der Waals surface area contributed by atoms with Crippen molar-refractivity contribution >= 4 is 22.5 Å². The Bertz CT molecular complexity index is 1220. The van der Waals surface area contributed by atoms with Gasteiger partial charge in [0.2, 0.25) is 5.91 Å². The van der Waals surface area contributed by atoms with Crippen molar-refractivity contribution in [2.45, 2.75) is 57.1 Å². The molecular weight excluding hydrogens is 427 g/mol. The highest BCUT2D eigenvalue weighted by molar-refractivity contribution is 6.02. The molecule has 0 radical (unpaired) electrons. The second-order valence-electron chi connectivity index (χ2n) is 9.86. The summed E-state index contributed by atoms with van der Waals surface area (Å²) in [4.78, 5) is 13.1. The summed E-state index contributed by atoms with van der Waals surface area (Å²) < 4.78 is 16.9. The van der Waals surface area contributed by atoms with Crippen molar-refractivity contribution < 1.29 is 29.6 Å². The number of phenolic OH excluding ortho intramolecular Hbond substituents is 2. The molecule has 4 rings (SSSR count). The van der Waals surface area contributed by atoms with E-state index in [2.05, 4.69) is 5.32 Å². The van der Waals surface area contributed by atoms with Crippen LogP contribution in [0.3, 0.4) is 0 Å². The number of carbonyl (C=O) groups is 1. The first kappa shape index (κ1) is 23.1. The fourth-order valence-corrected chi connectivity index (χ4v) is 4.30. The number of aromatic hydroxyl groups is 2. The van der Waals surface area contributed by atoms with Crippen LogP contribution in [-0.2, 0) is 22.2 Å². The maximum atomic E-state index is 15.1. The number of aliphatic hydroxyl groups excluding tert-OH is 2. The maximum Gasteiger partial charge on any atom is 0.235 e. The number of hydrogen-bond donors (Lipinski definition) is 5. The van der Waals surface area contributed by atoms with E-state index in [-0.39, 0.29) is 35.1 Å². The summed E-state index contributed by atoms with van der Waals surface area (Å²) >= 11 is 0. The van der Waals surface area contributed by atoms with Gasteiger partial charge < -0.3 is 30.3 Å². The zero-order valence-corrected chi connectivity index (χ0v) is 18.9. The fraction of sp³-hybridized carbons (Fsp3) is 0.400. The second-order valence-corrected chi connectivity index (χ2v) is 9.86. The van der Waals surface area contributed by atoms with Crippen LogP contribution in [-0.4, -0.2) is 43.6 Å². The van der Waals surface area contributed by atoms with E-state index in [1.54, 1.807) is 16.7 Å². The monoisotopic (exact) mass is 456 g/mol. The number of nitrogens with one attached hydrogen (secondary N) is 1. The van der Waals surface area contributed by atoms with Crippen molar-refractivity contribution in [2.75, 3.05) is 11.9 Å². The van der Waals surface area contributed by atoms with Gasteiger partial charge in [0.25, 0.3) is 0 Å². The molecule has 3 aromatic rings. The molecule has 5 N–H and O–H groups in total. The highest BCUT2D eigenvalue weighted by Crippen LogP contribution is 2.50. The molecule has 1 aliphatic rings. The van der Waals surface area contributed by atoms with Crippen LogP contribution in [0.2, 0.25) is 0 Å². The number of anilines is 1. The van der Waals surface area contributed by atoms with E-state index in [1.165, 1.54) is 18.2 Å². The molecule has 1 aliphatic carbocycles. The number of carbonyl (C=O) groups excluding carboxylic acids is 1. The van der Waals surface area contributed by atoms with Crippen molar-refractivity contribution in [3.63, 3.8) is 0 Å². The molecule has 0 bridgehead atoms. The summed E-state index contributed by atoms with van der Waals surface area (Å²) in [6, 6.07) is 9.09. The molecule has 8 heteroatoms. The zero-order valence-electron chi connectivity index (χ0n) is 18.9. The third-order valence-corrected chi connectivity index (χ3v) is 6.32. The van der Waals surface area contributed by atoms with Crippen LogP contribution in [0.25, 0.3) is 10.9 Å². The van der Waals surface area contributed by atoms with Crippen LogP contribution in [0.4, 0.5) is 10.1 Å². The smallest absolute Gasteiger partial charge is 0.235 e.